The van der Waals surface area contributed by atoms with E-state index in [1.54, 1.807) is 6.07 Å². The first kappa shape index (κ1) is 15.2. The van der Waals surface area contributed by atoms with Gasteiger partial charge in [0.15, 0.2) is 5.82 Å². The molecule has 0 amide bonds. The first-order chi connectivity index (χ1) is 13.8. The van der Waals surface area contributed by atoms with Crippen molar-refractivity contribution < 1.29 is 5.11 Å². The van der Waals surface area contributed by atoms with Crippen molar-refractivity contribution in [3.8, 4) is 17.3 Å². The lowest BCUT2D eigenvalue weighted by Gasteiger charge is -2.05. The van der Waals surface area contributed by atoms with Crippen molar-refractivity contribution in [3.05, 3.63) is 78.9 Å². The van der Waals surface area contributed by atoms with Crippen LogP contribution >= 0.6 is 0 Å². The number of fused-ring (bicyclic) bond motifs is 7. The van der Waals surface area contributed by atoms with E-state index in [1.165, 1.54) is 10.8 Å². The van der Waals surface area contributed by atoms with Gasteiger partial charge >= 0.3 is 0 Å². The lowest BCUT2D eigenvalue weighted by molar-refractivity contribution is 0.480. The van der Waals surface area contributed by atoms with Crippen molar-refractivity contribution in [3.63, 3.8) is 0 Å². The van der Waals surface area contributed by atoms with Crippen LogP contribution in [0.25, 0.3) is 55.0 Å². The highest BCUT2D eigenvalue weighted by molar-refractivity contribution is 6.23. The highest BCUT2D eigenvalue weighted by atomic mass is 16.3. The number of pyridine rings is 1. The lowest BCUT2D eigenvalue weighted by atomic mass is 10.0. The molecule has 4 nitrogen and oxygen atoms in total. The van der Waals surface area contributed by atoms with Gasteiger partial charge in [0.1, 0.15) is 17.0 Å². The van der Waals surface area contributed by atoms with Crippen LogP contribution in [0, 0.1) is 0 Å². The summed E-state index contributed by atoms with van der Waals surface area (Å²) in [5.41, 5.74) is 3.22. The van der Waals surface area contributed by atoms with Crippen molar-refractivity contribution in [2.24, 2.45) is 0 Å². The summed E-state index contributed by atoms with van der Waals surface area (Å²) in [6, 6.07) is 26.0. The van der Waals surface area contributed by atoms with E-state index in [2.05, 4.69) is 46.4 Å². The van der Waals surface area contributed by atoms with Gasteiger partial charge in [-0.3, -0.25) is 0 Å². The summed E-state index contributed by atoms with van der Waals surface area (Å²) in [4.78, 5) is 13.0. The van der Waals surface area contributed by atoms with E-state index in [0.29, 0.717) is 17.0 Å². The number of aromatic hydroxyl groups is 1. The molecular formula is C24H15N3O. The van der Waals surface area contributed by atoms with Gasteiger partial charge in [-0.25, -0.2) is 9.97 Å². The fourth-order valence-electron chi connectivity index (χ4n) is 4.01. The minimum atomic E-state index is 0.173. The van der Waals surface area contributed by atoms with Crippen LogP contribution < -0.4 is 0 Å². The SMILES string of the molecule is Oc1cccc2ccc(-c3nc4c5ccccc5c5ccccc5c4[nH]3)nc12. The van der Waals surface area contributed by atoms with Gasteiger partial charge in [-0.2, -0.15) is 0 Å². The zero-order chi connectivity index (χ0) is 18.7. The Morgan fingerprint density at radius 3 is 2.14 bits per heavy atom. The number of phenolic OH excluding ortho intramolecular Hbond substituents is 1. The zero-order valence-corrected chi connectivity index (χ0v) is 14.8. The fraction of sp³-hybridized carbons (Fsp3) is 0. The number of hydrogen-bond acceptors (Lipinski definition) is 3. The molecule has 0 unspecified atom stereocenters. The topological polar surface area (TPSA) is 61.8 Å². The monoisotopic (exact) mass is 361 g/mol. The maximum atomic E-state index is 10.2. The molecule has 2 heterocycles. The number of aromatic amines is 1. The number of H-pyrrole nitrogens is 1. The third kappa shape index (κ3) is 2.06. The lowest BCUT2D eigenvalue weighted by Crippen LogP contribution is -1.87. The summed E-state index contributed by atoms with van der Waals surface area (Å²) < 4.78 is 0. The van der Waals surface area contributed by atoms with Gasteiger partial charge in [0.05, 0.1) is 11.0 Å². The van der Waals surface area contributed by atoms with Gasteiger partial charge in [0, 0.05) is 16.2 Å². The van der Waals surface area contributed by atoms with Gasteiger partial charge in [0.25, 0.3) is 0 Å². The molecule has 0 radical (unpaired) electrons. The van der Waals surface area contributed by atoms with E-state index in [0.717, 1.165) is 27.2 Å². The summed E-state index contributed by atoms with van der Waals surface area (Å²) in [7, 11) is 0. The van der Waals surface area contributed by atoms with Gasteiger partial charge in [0.2, 0.25) is 0 Å². The van der Waals surface area contributed by atoms with E-state index in [9.17, 15) is 5.11 Å². The van der Waals surface area contributed by atoms with E-state index in [-0.39, 0.29) is 5.75 Å². The molecule has 0 bridgehead atoms. The third-order valence-corrected chi connectivity index (χ3v) is 5.31. The van der Waals surface area contributed by atoms with E-state index >= 15 is 0 Å². The molecule has 4 aromatic carbocycles. The Morgan fingerprint density at radius 2 is 1.32 bits per heavy atom. The first-order valence-corrected chi connectivity index (χ1v) is 9.18. The highest BCUT2D eigenvalue weighted by Gasteiger charge is 2.14. The zero-order valence-electron chi connectivity index (χ0n) is 14.8. The molecule has 0 saturated carbocycles. The summed E-state index contributed by atoms with van der Waals surface area (Å²) in [5, 5.41) is 15.7. The van der Waals surface area contributed by atoms with Crippen molar-refractivity contribution in [1.29, 1.82) is 0 Å². The van der Waals surface area contributed by atoms with Crippen molar-refractivity contribution in [2.75, 3.05) is 0 Å². The normalized spacial score (nSPS) is 11.7. The van der Waals surface area contributed by atoms with Crippen molar-refractivity contribution in [1.82, 2.24) is 15.0 Å². The highest BCUT2D eigenvalue weighted by Crippen LogP contribution is 2.35. The molecule has 0 aliphatic rings. The summed E-state index contributed by atoms with van der Waals surface area (Å²) in [6.07, 6.45) is 0. The second-order valence-electron chi connectivity index (χ2n) is 6.95. The number of rotatable bonds is 1. The summed E-state index contributed by atoms with van der Waals surface area (Å²) in [5.74, 6) is 0.869. The minimum absolute atomic E-state index is 0.173. The molecule has 28 heavy (non-hydrogen) atoms. The Labute approximate surface area is 160 Å². The molecule has 4 heteroatoms. The molecule has 0 fully saturated rings. The molecule has 2 N–H and O–H groups in total. The van der Waals surface area contributed by atoms with Crippen LogP contribution in [-0.4, -0.2) is 20.1 Å². The predicted octanol–water partition coefficient (Wildman–Crippen LogP) is 5.79. The molecule has 132 valence electrons. The predicted molar refractivity (Wildman–Crippen MR) is 114 cm³/mol. The number of phenols is 1. The maximum absolute atomic E-state index is 10.2. The number of nitrogens with zero attached hydrogens (tertiary/aromatic N) is 2. The van der Waals surface area contributed by atoms with Crippen molar-refractivity contribution >= 4 is 43.5 Å². The number of imidazole rings is 1. The Bertz CT molecular complexity index is 1460. The molecule has 0 saturated heterocycles. The minimum Gasteiger partial charge on any atom is -0.506 e. The molecule has 6 rings (SSSR count). The van der Waals surface area contributed by atoms with Crippen LogP contribution in [0.4, 0.5) is 0 Å². The molecule has 0 atom stereocenters. The molecule has 2 aromatic heterocycles. The standard InChI is InChI=1S/C24H15N3O/c28-20-11-5-6-14-12-13-19(25-21(14)20)24-26-22-17-9-3-1-7-15(17)16-8-2-4-10-18(16)23(22)27-24/h1-13,28H,(H,26,27). The number of para-hydroxylation sites is 1. The van der Waals surface area contributed by atoms with Gasteiger partial charge in [-0.15, -0.1) is 0 Å². The van der Waals surface area contributed by atoms with Crippen LogP contribution in [0.3, 0.4) is 0 Å². The summed E-state index contributed by atoms with van der Waals surface area (Å²) >= 11 is 0. The van der Waals surface area contributed by atoms with Gasteiger partial charge in [-0.1, -0.05) is 66.7 Å². The largest absolute Gasteiger partial charge is 0.506 e. The fourth-order valence-corrected chi connectivity index (χ4v) is 4.01. The molecular weight excluding hydrogens is 346 g/mol. The number of nitrogens with one attached hydrogen (secondary N) is 1. The molecule has 6 aromatic rings. The second kappa shape index (κ2) is 5.54. The van der Waals surface area contributed by atoms with Crippen LogP contribution in [0.2, 0.25) is 0 Å². The molecule has 0 aliphatic carbocycles. The van der Waals surface area contributed by atoms with E-state index in [4.69, 9.17) is 4.98 Å². The van der Waals surface area contributed by atoms with Crippen LogP contribution in [0.1, 0.15) is 0 Å². The van der Waals surface area contributed by atoms with Crippen LogP contribution in [0.5, 0.6) is 5.75 Å². The Balaban J connectivity index is 1.71. The Kier molecular flexibility index (Phi) is 3.00. The van der Waals surface area contributed by atoms with Crippen LogP contribution in [0.15, 0.2) is 78.9 Å². The molecule has 0 spiro atoms. The average molecular weight is 361 g/mol. The summed E-state index contributed by atoms with van der Waals surface area (Å²) in [6.45, 7) is 0. The second-order valence-corrected chi connectivity index (χ2v) is 6.95. The third-order valence-electron chi connectivity index (χ3n) is 5.31. The number of hydrogen-bond donors (Lipinski definition) is 2. The number of aromatic nitrogens is 3. The van der Waals surface area contributed by atoms with Crippen molar-refractivity contribution in [2.45, 2.75) is 0 Å². The Morgan fingerprint density at radius 1 is 0.607 bits per heavy atom. The van der Waals surface area contributed by atoms with E-state index in [1.807, 2.05) is 36.4 Å². The molecule has 0 aliphatic heterocycles. The van der Waals surface area contributed by atoms with E-state index < -0.39 is 0 Å². The van der Waals surface area contributed by atoms with Crippen LogP contribution in [-0.2, 0) is 0 Å². The van der Waals surface area contributed by atoms with Gasteiger partial charge in [-0.05, 0) is 22.9 Å². The maximum Gasteiger partial charge on any atom is 0.157 e. The number of benzene rings is 4. The first-order valence-electron chi connectivity index (χ1n) is 9.18. The van der Waals surface area contributed by atoms with Gasteiger partial charge < -0.3 is 10.1 Å². The average Bonchev–Trinajstić information content (AvgIpc) is 3.20. The quantitative estimate of drug-likeness (QED) is 0.364. The smallest absolute Gasteiger partial charge is 0.157 e. The Hall–Kier alpha value is -3.92.